The summed E-state index contributed by atoms with van der Waals surface area (Å²) in [5.74, 6) is 0.00800. The molecule has 1 N–H and O–H groups in total. The zero-order chi connectivity index (χ0) is 16.1. The molecule has 0 aliphatic carbocycles. The van der Waals surface area contributed by atoms with E-state index in [-0.39, 0.29) is 11.7 Å². The van der Waals surface area contributed by atoms with E-state index in [1.807, 2.05) is 12.1 Å². The standard InChI is InChI=1S/C17H16BrNO3/c1-19(9-8-12-6-7-16(21)15(18)10-12)17(22)14-5-3-2-4-13(14)11-20/h2-7,10-11,21H,8-9H2,1H3. The number of aromatic hydroxyl groups is 1. The predicted molar refractivity (Wildman–Crippen MR) is 88.3 cm³/mol. The van der Waals surface area contributed by atoms with Gasteiger partial charge in [-0.1, -0.05) is 24.3 Å². The summed E-state index contributed by atoms with van der Waals surface area (Å²) in [5.41, 5.74) is 1.81. The molecule has 1 amide bonds. The zero-order valence-corrected chi connectivity index (χ0v) is 13.7. The van der Waals surface area contributed by atoms with Crippen molar-refractivity contribution in [2.45, 2.75) is 6.42 Å². The second-order valence-electron chi connectivity index (χ2n) is 4.97. The lowest BCUT2D eigenvalue weighted by molar-refractivity contribution is 0.0793. The first kappa shape index (κ1) is 16.2. The third-order valence-corrected chi connectivity index (χ3v) is 4.05. The van der Waals surface area contributed by atoms with Gasteiger partial charge in [0.1, 0.15) is 5.75 Å². The zero-order valence-electron chi connectivity index (χ0n) is 12.1. The molecule has 0 radical (unpaired) electrons. The van der Waals surface area contributed by atoms with Gasteiger partial charge in [0.05, 0.1) is 10.0 Å². The van der Waals surface area contributed by atoms with E-state index in [0.29, 0.717) is 34.9 Å². The quantitative estimate of drug-likeness (QED) is 0.831. The van der Waals surface area contributed by atoms with E-state index in [4.69, 9.17) is 0 Å². The maximum Gasteiger partial charge on any atom is 0.254 e. The molecule has 0 spiro atoms. The molecule has 0 unspecified atom stereocenters. The Morgan fingerprint density at radius 3 is 2.68 bits per heavy atom. The first-order chi connectivity index (χ1) is 10.5. The number of halogens is 1. The number of phenols is 1. The van der Waals surface area contributed by atoms with Gasteiger partial charge >= 0.3 is 0 Å². The van der Waals surface area contributed by atoms with Crippen molar-refractivity contribution in [1.29, 1.82) is 0 Å². The topological polar surface area (TPSA) is 57.6 Å². The highest BCUT2D eigenvalue weighted by atomic mass is 79.9. The summed E-state index contributed by atoms with van der Waals surface area (Å²) in [4.78, 5) is 25.0. The van der Waals surface area contributed by atoms with Gasteiger partial charge in [0.2, 0.25) is 0 Å². The van der Waals surface area contributed by atoms with E-state index < -0.39 is 0 Å². The molecule has 0 atom stereocenters. The van der Waals surface area contributed by atoms with Gasteiger partial charge in [-0.15, -0.1) is 0 Å². The van der Waals surface area contributed by atoms with E-state index in [1.54, 1.807) is 42.3 Å². The molecule has 114 valence electrons. The van der Waals surface area contributed by atoms with Crippen LogP contribution in [0.15, 0.2) is 46.9 Å². The molecule has 0 bridgehead atoms. The van der Waals surface area contributed by atoms with E-state index in [2.05, 4.69) is 15.9 Å². The Bertz CT molecular complexity index is 700. The van der Waals surface area contributed by atoms with Gasteiger partial charge in [0, 0.05) is 19.2 Å². The molecule has 0 saturated heterocycles. The molecular formula is C17H16BrNO3. The smallest absolute Gasteiger partial charge is 0.254 e. The normalized spacial score (nSPS) is 10.3. The van der Waals surface area contributed by atoms with Crippen molar-refractivity contribution in [3.63, 3.8) is 0 Å². The van der Waals surface area contributed by atoms with Crippen molar-refractivity contribution in [2.24, 2.45) is 0 Å². The van der Waals surface area contributed by atoms with E-state index in [0.717, 1.165) is 5.56 Å². The number of amides is 1. The van der Waals surface area contributed by atoms with Gasteiger partial charge in [0.15, 0.2) is 6.29 Å². The highest BCUT2D eigenvalue weighted by Gasteiger charge is 2.15. The summed E-state index contributed by atoms with van der Waals surface area (Å²) in [6, 6.07) is 12.0. The average molecular weight is 362 g/mol. The summed E-state index contributed by atoms with van der Waals surface area (Å²) in [7, 11) is 1.71. The fourth-order valence-electron chi connectivity index (χ4n) is 2.10. The van der Waals surface area contributed by atoms with E-state index in [1.165, 1.54) is 0 Å². The summed E-state index contributed by atoms with van der Waals surface area (Å²) >= 11 is 3.27. The molecule has 0 aromatic heterocycles. The molecule has 0 aliphatic rings. The Kier molecular flexibility index (Phi) is 5.33. The fourth-order valence-corrected chi connectivity index (χ4v) is 2.53. The third-order valence-electron chi connectivity index (χ3n) is 3.41. The number of benzene rings is 2. The lowest BCUT2D eigenvalue weighted by atomic mass is 10.1. The minimum Gasteiger partial charge on any atom is -0.507 e. The monoisotopic (exact) mass is 361 g/mol. The second-order valence-corrected chi connectivity index (χ2v) is 5.82. The highest BCUT2D eigenvalue weighted by molar-refractivity contribution is 9.10. The first-order valence-electron chi connectivity index (χ1n) is 6.80. The van der Waals surface area contributed by atoms with Crippen molar-refractivity contribution < 1.29 is 14.7 Å². The number of carbonyl (C=O) groups is 2. The molecule has 2 aromatic rings. The fraction of sp³-hybridized carbons (Fsp3) is 0.176. The van der Waals surface area contributed by atoms with Crippen molar-refractivity contribution in [2.75, 3.05) is 13.6 Å². The van der Waals surface area contributed by atoms with Crippen LogP contribution in [0.3, 0.4) is 0 Å². The van der Waals surface area contributed by atoms with Crippen LogP contribution < -0.4 is 0 Å². The van der Waals surface area contributed by atoms with Crippen molar-refractivity contribution in [1.82, 2.24) is 4.90 Å². The number of rotatable bonds is 5. The Labute approximate surface area is 137 Å². The Morgan fingerprint density at radius 2 is 2.00 bits per heavy atom. The molecule has 2 aromatic carbocycles. The van der Waals surface area contributed by atoms with Gasteiger partial charge in [-0.3, -0.25) is 9.59 Å². The van der Waals surface area contributed by atoms with Crippen LogP contribution in [-0.4, -0.2) is 35.8 Å². The largest absolute Gasteiger partial charge is 0.507 e. The minimum absolute atomic E-state index is 0.180. The molecule has 0 heterocycles. The molecule has 0 aliphatic heterocycles. The summed E-state index contributed by atoms with van der Waals surface area (Å²) < 4.78 is 0.630. The minimum atomic E-state index is -0.180. The molecule has 2 rings (SSSR count). The van der Waals surface area contributed by atoms with Crippen molar-refractivity contribution >= 4 is 28.1 Å². The van der Waals surface area contributed by atoms with Crippen LogP contribution in [0.2, 0.25) is 0 Å². The van der Waals surface area contributed by atoms with Gasteiger partial charge in [0.25, 0.3) is 5.91 Å². The molecule has 4 nitrogen and oxygen atoms in total. The number of carbonyl (C=O) groups excluding carboxylic acids is 2. The molecule has 22 heavy (non-hydrogen) atoms. The highest BCUT2D eigenvalue weighted by Crippen LogP contribution is 2.24. The van der Waals surface area contributed by atoms with Crippen molar-refractivity contribution in [3.8, 4) is 5.75 Å². The van der Waals surface area contributed by atoms with Crippen LogP contribution >= 0.6 is 15.9 Å². The van der Waals surface area contributed by atoms with Gasteiger partial charge in [-0.05, 0) is 46.1 Å². The Balaban J connectivity index is 2.05. The Morgan fingerprint density at radius 1 is 1.27 bits per heavy atom. The summed E-state index contributed by atoms with van der Waals surface area (Å²) in [6.45, 7) is 0.517. The molecule has 5 heteroatoms. The maximum atomic E-state index is 12.4. The number of likely N-dealkylation sites (N-methyl/N-ethyl adjacent to an activating group) is 1. The lowest BCUT2D eigenvalue weighted by Crippen LogP contribution is -2.29. The molecular weight excluding hydrogens is 346 g/mol. The number of nitrogens with zero attached hydrogens (tertiary/aromatic N) is 1. The molecule has 0 saturated carbocycles. The van der Waals surface area contributed by atoms with Crippen LogP contribution in [0.5, 0.6) is 5.75 Å². The first-order valence-corrected chi connectivity index (χ1v) is 7.59. The number of hydrogen-bond acceptors (Lipinski definition) is 3. The maximum absolute atomic E-state index is 12.4. The number of aldehydes is 1. The van der Waals surface area contributed by atoms with Crippen LogP contribution in [0.25, 0.3) is 0 Å². The number of phenolic OH excluding ortho intramolecular Hbond substituents is 1. The van der Waals surface area contributed by atoms with Gasteiger partial charge < -0.3 is 10.0 Å². The van der Waals surface area contributed by atoms with Crippen molar-refractivity contribution in [3.05, 3.63) is 63.6 Å². The third kappa shape index (κ3) is 3.74. The van der Waals surface area contributed by atoms with Crippen LogP contribution in [-0.2, 0) is 6.42 Å². The molecule has 0 fully saturated rings. The average Bonchev–Trinajstić information content (AvgIpc) is 2.54. The lowest BCUT2D eigenvalue weighted by Gasteiger charge is -2.18. The number of hydrogen-bond donors (Lipinski definition) is 1. The summed E-state index contributed by atoms with van der Waals surface area (Å²) in [6.07, 6.45) is 1.35. The van der Waals surface area contributed by atoms with Crippen LogP contribution in [0.1, 0.15) is 26.3 Å². The van der Waals surface area contributed by atoms with E-state index >= 15 is 0 Å². The van der Waals surface area contributed by atoms with E-state index in [9.17, 15) is 14.7 Å². The SMILES string of the molecule is CN(CCc1ccc(O)c(Br)c1)C(=O)c1ccccc1C=O. The predicted octanol–water partition coefficient (Wildman–Crippen LogP) is 3.28. The van der Waals surface area contributed by atoms with Crippen LogP contribution in [0.4, 0.5) is 0 Å². The van der Waals surface area contributed by atoms with Gasteiger partial charge in [-0.25, -0.2) is 0 Å². The van der Waals surface area contributed by atoms with Gasteiger partial charge in [-0.2, -0.15) is 0 Å². The van der Waals surface area contributed by atoms with Crippen LogP contribution in [0, 0.1) is 0 Å². The summed E-state index contributed by atoms with van der Waals surface area (Å²) in [5, 5.41) is 9.47. The second kappa shape index (κ2) is 7.22. The Hall–Kier alpha value is -2.14.